The van der Waals surface area contributed by atoms with Gasteiger partial charge >= 0.3 is 0 Å². The van der Waals surface area contributed by atoms with Gasteiger partial charge in [-0.2, -0.15) is 5.10 Å². The first kappa shape index (κ1) is 9.71. The van der Waals surface area contributed by atoms with Gasteiger partial charge in [-0.05, 0) is 44.7 Å². The number of rotatable bonds is 5. The average molecular weight is 193 g/mol. The van der Waals surface area contributed by atoms with Gasteiger partial charge in [0.05, 0.1) is 0 Å². The Balaban J connectivity index is 1.83. The molecule has 1 heterocycles. The molecule has 1 unspecified atom stereocenters. The lowest BCUT2D eigenvalue weighted by atomic mass is 10.1. The summed E-state index contributed by atoms with van der Waals surface area (Å²) in [6, 6.07) is 2.82. The largest absolute Gasteiger partial charge is 0.317 e. The molecule has 1 aromatic rings. The van der Waals surface area contributed by atoms with Crippen LogP contribution in [0.5, 0.6) is 0 Å². The Morgan fingerprint density at radius 1 is 1.64 bits per heavy atom. The summed E-state index contributed by atoms with van der Waals surface area (Å²) in [7, 11) is 4.09. The number of nitrogens with one attached hydrogen (secondary N) is 1. The third kappa shape index (κ3) is 2.15. The molecule has 0 amide bonds. The predicted octanol–water partition coefficient (Wildman–Crippen LogP) is 1.35. The van der Waals surface area contributed by atoms with E-state index in [2.05, 4.69) is 23.5 Å². The van der Waals surface area contributed by atoms with Gasteiger partial charge in [-0.15, -0.1) is 0 Å². The molecule has 2 rings (SSSR count). The number of aryl methyl sites for hydroxylation is 2. The summed E-state index contributed by atoms with van der Waals surface area (Å²) in [6.45, 7) is 0. The molecule has 78 valence electrons. The van der Waals surface area contributed by atoms with Crippen molar-refractivity contribution in [2.75, 3.05) is 7.05 Å². The first-order chi connectivity index (χ1) is 6.81. The Labute approximate surface area is 85.5 Å². The highest BCUT2D eigenvalue weighted by atomic mass is 15.2. The van der Waals surface area contributed by atoms with E-state index in [9.17, 15) is 0 Å². The van der Waals surface area contributed by atoms with Crippen molar-refractivity contribution in [2.24, 2.45) is 13.0 Å². The summed E-state index contributed by atoms with van der Waals surface area (Å²) in [5, 5.41) is 7.59. The van der Waals surface area contributed by atoms with Gasteiger partial charge in [-0.3, -0.25) is 4.68 Å². The zero-order valence-electron chi connectivity index (χ0n) is 9.03. The first-order valence-corrected chi connectivity index (χ1v) is 5.45. The molecular weight excluding hydrogens is 174 g/mol. The highest BCUT2D eigenvalue weighted by Crippen LogP contribution is 2.34. The molecule has 1 fully saturated rings. The number of nitrogens with zero attached hydrogens (tertiary/aromatic N) is 2. The van der Waals surface area contributed by atoms with E-state index in [4.69, 9.17) is 0 Å². The van der Waals surface area contributed by atoms with E-state index in [1.54, 1.807) is 0 Å². The summed E-state index contributed by atoms with van der Waals surface area (Å²) in [5.74, 6) is 0.938. The molecule has 1 atom stereocenters. The van der Waals surface area contributed by atoms with Crippen LogP contribution in [0.1, 0.15) is 25.0 Å². The zero-order chi connectivity index (χ0) is 9.97. The third-order valence-corrected chi connectivity index (χ3v) is 3.20. The Kier molecular flexibility index (Phi) is 2.87. The van der Waals surface area contributed by atoms with E-state index in [1.807, 2.05) is 17.9 Å². The molecule has 0 spiro atoms. The monoisotopic (exact) mass is 193 g/mol. The molecule has 14 heavy (non-hydrogen) atoms. The summed E-state index contributed by atoms with van der Waals surface area (Å²) >= 11 is 0. The molecule has 0 saturated heterocycles. The average Bonchev–Trinajstić information content (AvgIpc) is 2.93. The van der Waals surface area contributed by atoms with Crippen molar-refractivity contribution in [3.05, 3.63) is 18.0 Å². The van der Waals surface area contributed by atoms with Gasteiger partial charge < -0.3 is 5.32 Å². The molecule has 0 aliphatic heterocycles. The first-order valence-electron chi connectivity index (χ1n) is 5.45. The van der Waals surface area contributed by atoms with Crippen molar-refractivity contribution in [1.29, 1.82) is 0 Å². The molecule has 0 bridgehead atoms. The van der Waals surface area contributed by atoms with Gasteiger partial charge in [-0.1, -0.05) is 0 Å². The molecule has 0 radical (unpaired) electrons. The Hall–Kier alpha value is -0.830. The maximum atomic E-state index is 4.18. The number of aromatic nitrogens is 2. The lowest BCUT2D eigenvalue weighted by Gasteiger charge is -2.14. The molecule has 1 aliphatic carbocycles. The van der Waals surface area contributed by atoms with Crippen molar-refractivity contribution in [3.8, 4) is 0 Å². The standard InChI is InChI=1S/C11H19N3/c1-12-11(9-3-4-9)6-5-10-7-8-13-14(10)2/h7-9,11-12H,3-6H2,1-2H3. The van der Waals surface area contributed by atoms with Crippen molar-refractivity contribution in [2.45, 2.75) is 31.7 Å². The highest BCUT2D eigenvalue weighted by molar-refractivity contribution is 5.01. The molecule has 3 heteroatoms. The van der Waals surface area contributed by atoms with E-state index in [-0.39, 0.29) is 0 Å². The summed E-state index contributed by atoms with van der Waals surface area (Å²) in [6.07, 6.45) is 7.08. The van der Waals surface area contributed by atoms with E-state index >= 15 is 0 Å². The maximum Gasteiger partial charge on any atom is 0.0492 e. The maximum absolute atomic E-state index is 4.18. The van der Waals surface area contributed by atoms with E-state index in [0.29, 0.717) is 6.04 Å². The van der Waals surface area contributed by atoms with Crippen molar-refractivity contribution in [3.63, 3.8) is 0 Å². The van der Waals surface area contributed by atoms with Gasteiger partial charge in [0, 0.05) is 25.0 Å². The SMILES string of the molecule is CNC(CCc1ccnn1C)C1CC1. The second-order valence-electron chi connectivity index (χ2n) is 4.22. The fourth-order valence-corrected chi connectivity index (χ4v) is 2.06. The van der Waals surface area contributed by atoms with Gasteiger partial charge in [0.1, 0.15) is 0 Å². The van der Waals surface area contributed by atoms with Crippen LogP contribution in [0, 0.1) is 5.92 Å². The summed E-state index contributed by atoms with van der Waals surface area (Å²) < 4.78 is 1.97. The normalized spacial score (nSPS) is 18.4. The highest BCUT2D eigenvalue weighted by Gasteiger charge is 2.29. The van der Waals surface area contributed by atoms with Crippen LogP contribution in [0.15, 0.2) is 12.3 Å². The third-order valence-electron chi connectivity index (χ3n) is 3.20. The van der Waals surface area contributed by atoms with Crippen LogP contribution in [-0.2, 0) is 13.5 Å². The van der Waals surface area contributed by atoms with Crippen molar-refractivity contribution < 1.29 is 0 Å². The minimum Gasteiger partial charge on any atom is -0.317 e. The molecule has 1 aromatic heterocycles. The molecule has 1 aliphatic rings. The second-order valence-corrected chi connectivity index (χ2v) is 4.22. The Morgan fingerprint density at radius 2 is 2.43 bits per heavy atom. The molecular formula is C11H19N3. The van der Waals surface area contributed by atoms with Crippen molar-refractivity contribution >= 4 is 0 Å². The van der Waals surface area contributed by atoms with Gasteiger partial charge in [-0.25, -0.2) is 0 Å². The van der Waals surface area contributed by atoms with Gasteiger partial charge in [0.15, 0.2) is 0 Å². The van der Waals surface area contributed by atoms with Crippen LogP contribution in [0.4, 0.5) is 0 Å². The molecule has 0 aromatic carbocycles. The van der Waals surface area contributed by atoms with Gasteiger partial charge in [0.2, 0.25) is 0 Å². The lowest BCUT2D eigenvalue weighted by molar-refractivity contribution is 0.464. The molecule has 3 nitrogen and oxygen atoms in total. The Bertz CT molecular complexity index is 288. The molecule has 1 N–H and O–H groups in total. The van der Waals surface area contributed by atoms with Crippen LogP contribution >= 0.6 is 0 Å². The zero-order valence-corrected chi connectivity index (χ0v) is 9.03. The van der Waals surface area contributed by atoms with Crippen molar-refractivity contribution in [1.82, 2.24) is 15.1 Å². The summed E-state index contributed by atoms with van der Waals surface area (Å²) in [5.41, 5.74) is 1.34. The fraction of sp³-hybridized carbons (Fsp3) is 0.727. The van der Waals surface area contributed by atoms with Crippen LogP contribution < -0.4 is 5.32 Å². The minimum atomic E-state index is 0.713. The van der Waals surface area contributed by atoms with E-state index in [1.165, 1.54) is 25.0 Å². The minimum absolute atomic E-state index is 0.713. The van der Waals surface area contributed by atoms with Gasteiger partial charge in [0.25, 0.3) is 0 Å². The fourth-order valence-electron chi connectivity index (χ4n) is 2.06. The lowest BCUT2D eigenvalue weighted by Crippen LogP contribution is -2.28. The molecule has 1 saturated carbocycles. The number of hydrogen-bond donors (Lipinski definition) is 1. The quantitative estimate of drug-likeness (QED) is 0.765. The van der Waals surface area contributed by atoms with Crippen LogP contribution in [0.3, 0.4) is 0 Å². The Morgan fingerprint density at radius 3 is 2.93 bits per heavy atom. The van der Waals surface area contributed by atoms with Crippen LogP contribution in [0.2, 0.25) is 0 Å². The van der Waals surface area contributed by atoms with Crippen LogP contribution in [0.25, 0.3) is 0 Å². The van der Waals surface area contributed by atoms with Crippen LogP contribution in [-0.4, -0.2) is 22.9 Å². The smallest absolute Gasteiger partial charge is 0.0492 e. The number of hydrogen-bond acceptors (Lipinski definition) is 2. The predicted molar refractivity (Wildman–Crippen MR) is 57.1 cm³/mol. The second kappa shape index (κ2) is 4.13. The van der Waals surface area contributed by atoms with E-state index in [0.717, 1.165) is 12.3 Å². The van der Waals surface area contributed by atoms with E-state index < -0.39 is 0 Å². The summed E-state index contributed by atoms with van der Waals surface area (Å²) in [4.78, 5) is 0. The topological polar surface area (TPSA) is 29.9 Å².